The van der Waals surface area contributed by atoms with Gasteiger partial charge in [0.05, 0.1) is 17.1 Å². The summed E-state index contributed by atoms with van der Waals surface area (Å²) in [7, 11) is 0. The number of fused-ring (bicyclic) bond motifs is 1. The molecule has 1 aliphatic rings. The van der Waals surface area contributed by atoms with Crippen molar-refractivity contribution in [3.8, 4) is 0 Å². The van der Waals surface area contributed by atoms with Crippen LogP contribution in [0.15, 0.2) is 48.5 Å². The number of nitro groups is 1. The summed E-state index contributed by atoms with van der Waals surface area (Å²) in [5, 5.41) is 22.1. The molecule has 2 amide bonds. The zero-order chi connectivity index (χ0) is 19.1. The largest absolute Gasteiger partial charge is 0.390 e. The third-order valence-corrected chi connectivity index (χ3v) is 5.11. The van der Waals surface area contributed by atoms with Crippen LogP contribution in [0, 0.1) is 10.1 Å². The number of nitrogens with two attached hydrogens (primary N) is 1. The van der Waals surface area contributed by atoms with Crippen molar-refractivity contribution in [1.82, 2.24) is 4.90 Å². The fraction of sp³-hybridized carbons (Fsp3) is 0.316. The number of rotatable bonds is 4. The van der Waals surface area contributed by atoms with E-state index in [0.29, 0.717) is 5.56 Å². The zero-order valence-electron chi connectivity index (χ0n) is 14.6. The number of nitro benzene ring substituents is 1. The van der Waals surface area contributed by atoms with Crippen LogP contribution in [0.2, 0.25) is 0 Å². The highest BCUT2D eigenvalue weighted by atomic mass is 16.6. The van der Waals surface area contributed by atoms with E-state index in [4.69, 9.17) is 5.73 Å². The molecule has 3 N–H and O–H groups in total. The molecule has 2 aromatic rings. The van der Waals surface area contributed by atoms with Crippen LogP contribution in [0.1, 0.15) is 36.6 Å². The number of urea groups is 1. The van der Waals surface area contributed by atoms with Crippen molar-refractivity contribution >= 4 is 11.7 Å². The second-order valence-corrected chi connectivity index (χ2v) is 7.09. The van der Waals surface area contributed by atoms with E-state index in [2.05, 4.69) is 0 Å². The van der Waals surface area contributed by atoms with E-state index < -0.39 is 28.5 Å². The highest BCUT2D eigenvalue weighted by Crippen LogP contribution is 2.48. The second kappa shape index (κ2) is 6.42. The molecule has 0 unspecified atom stereocenters. The summed E-state index contributed by atoms with van der Waals surface area (Å²) in [6.45, 7) is 3.91. The molecule has 0 bridgehead atoms. The molecule has 0 saturated carbocycles. The van der Waals surface area contributed by atoms with Crippen molar-refractivity contribution in [2.75, 3.05) is 0 Å². The predicted molar refractivity (Wildman–Crippen MR) is 96.4 cm³/mol. The van der Waals surface area contributed by atoms with Crippen LogP contribution in [-0.4, -0.2) is 27.1 Å². The Balaban J connectivity index is 2.09. The first kappa shape index (κ1) is 17.9. The van der Waals surface area contributed by atoms with Crippen LogP contribution in [0.25, 0.3) is 0 Å². The minimum absolute atomic E-state index is 0.0808. The molecule has 0 heterocycles. The van der Waals surface area contributed by atoms with Gasteiger partial charge in [0.25, 0.3) is 5.69 Å². The second-order valence-electron chi connectivity index (χ2n) is 7.09. The maximum Gasteiger partial charge on any atom is 0.315 e. The average molecular weight is 355 g/mol. The molecular weight excluding hydrogens is 334 g/mol. The van der Waals surface area contributed by atoms with E-state index in [0.717, 1.165) is 11.1 Å². The predicted octanol–water partition coefficient (Wildman–Crippen LogP) is 2.87. The minimum Gasteiger partial charge on any atom is -0.390 e. The number of aliphatic hydroxyl groups excluding tert-OH is 1. The van der Waals surface area contributed by atoms with Crippen LogP contribution in [0.5, 0.6) is 0 Å². The summed E-state index contributed by atoms with van der Waals surface area (Å²) in [5.41, 5.74) is 7.06. The lowest BCUT2D eigenvalue weighted by Crippen LogP contribution is -2.44. The molecule has 26 heavy (non-hydrogen) atoms. The molecule has 2 aromatic carbocycles. The Kier molecular flexibility index (Phi) is 4.41. The monoisotopic (exact) mass is 355 g/mol. The molecule has 0 aromatic heterocycles. The molecule has 3 rings (SSSR count). The Morgan fingerprint density at radius 3 is 2.50 bits per heavy atom. The zero-order valence-corrected chi connectivity index (χ0v) is 14.6. The maximum atomic E-state index is 12.2. The first-order valence-corrected chi connectivity index (χ1v) is 8.30. The van der Waals surface area contributed by atoms with Gasteiger partial charge in [-0.05, 0) is 16.7 Å². The third kappa shape index (κ3) is 2.90. The lowest BCUT2D eigenvalue weighted by atomic mass is 9.84. The summed E-state index contributed by atoms with van der Waals surface area (Å²) in [5.74, 6) is 0. The van der Waals surface area contributed by atoms with E-state index in [9.17, 15) is 20.0 Å². The van der Waals surface area contributed by atoms with Gasteiger partial charge < -0.3 is 15.7 Å². The maximum absolute atomic E-state index is 12.2. The molecule has 7 heteroatoms. The van der Waals surface area contributed by atoms with E-state index in [1.807, 2.05) is 44.2 Å². The average Bonchev–Trinajstić information content (AvgIpc) is 2.80. The van der Waals surface area contributed by atoms with Gasteiger partial charge in [-0.2, -0.15) is 0 Å². The molecule has 0 radical (unpaired) electrons. The number of hydrogen-bond acceptors (Lipinski definition) is 4. The highest BCUT2D eigenvalue weighted by Gasteiger charge is 2.49. The number of aliphatic hydroxyl groups is 1. The van der Waals surface area contributed by atoms with E-state index >= 15 is 0 Å². The topological polar surface area (TPSA) is 110 Å². The van der Waals surface area contributed by atoms with Gasteiger partial charge in [0.2, 0.25) is 0 Å². The van der Waals surface area contributed by atoms with Crippen LogP contribution < -0.4 is 5.73 Å². The molecule has 0 spiro atoms. The fourth-order valence-electron chi connectivity index (χ4n) is 3.65. The van der Waals surface area contributed by atoms with E-state index in [1.165, 1.54) is 17.0 Å². The van der Waals surface area contributed by atoms with Gasteiger partial charge in [-0.3, -0.25) is 10.1 Å². The summed E-state index contributed by atoms with van der Waals surface area (Å²) in [6.07, 6.45) is -0.935. The summed E-state index contributed by atoms with van der Waals surface area (Å²) >= 11 is 0. The molecule has 0 fully saturated rings. The first-order valence-electron chi connectivity index (χ1n) is 8.30. The smallest absolute Gasteiger partial charge is 0.315 e. The lowest BCUT2D eigenvalue weighted by molar-refractivity contribution is -0.385. The number of hydrogen-bond donors (Lipinski definition) is 2. The van der Waals surface area contributed by atoms with Crippen molar-refractivity contribution < 1.29 is 14.8 Å². The van der Waals surface area contributed by atoms with Gasteiger partial charge in [-0.15, -0.1) is 0 Å². The Labute approximate surface area is 151 Å². The number of primary amides is 1. The van der Waals surface area contributed by atoms with Gasteiger partial charge >= 0.3 is 6.03 Å². The normalized spacial score (nSPS) is 20.4. The molecule has 136 valence electrons. The molecule has 0 aliphatic heterocycles. The number of amides is 2. The van der Waals surface area contributed by atoms with E-state index in [-0.39, 0.29) is 12.2 Å². The third-order valence-electron chi connectivity index (χ3n) is 5.11. The van der Waals surface area contributed by atoms with Crippen molar-refractivity contribution in [3.63, 3.8) is 0 Å². The molecule has 7 nitrogen and oxygen atoms in total. The molecule has 1 aliphatic carbocycles. The van der Waals surface area contributed by atoms with Crippen molar-refractivity contribution in [3.05, 3.63) is 75.3 Å². The highest BCUT2D eigenvalue weighted by molar-refractivity contribution is 5.73. The number of carbonyl (C=O) groups excluding carboxylic acids is 1. The molecule has 2 atom stereocenters. The minimum atomic E-state index is -0.935. The standard InChI is InChI=1S/C19H21N3O4/c1-19(2)15-9-8-13(22(25)26)10-14(15)16(17(19)23)21(18(20)24)11-12-6-4-3-5-7-12/h3-10,16-17,23H,11H2,1-2H3,(H2,20,24)/t16-,17+/m1/s1. The molecule has 0 saturated heterocycles. The van der Waals surface area contributed by atoms with Gasteiger partial charge in [0.1, 0.15) is 0 Å². The van der Waals surface area contributed by atoms with Gasteiger partial charge in [0, 0.05) is 24.1 Å². The SMILES string of the molecule is CC1(C)c2ccc([N+](=O)[O-])cc2[C@@H](N(Cc2ccccc2)C(N)=O)[C@@H]1O. The summed E-state index contributed by atoms with van der Waals surface area (Å²) < 4.78 is 0. The van der Waals surface area contributed by atoms with Gasteiger partial charge in [0.15, 0.2) is 0 Å². The Bertz CT molecular complexity index is 851. The van der Waals surface area contributed by atoms with Gasteiger partial charge in [-0.1, -0.05) is 50.2 Å². The number of benzene rings is 2. The van der Waals surface area contributed by atoms with Gasteiger partial charge in [-0.25, -0.2) is 4.79 Å². The van der Waals surface area contributed by atoms with Crippen LogP contribution in [0.3, 0.4) is 0 Å². The molecular formula is C19H21N3O4. The van der Waals surface area contributed by atoms with Crippen molar-refractivity contribution in [2.24, 2.45) is 5.73 Å². The quantitative estimate of drug-likeness (QED) is 0.649. The van der Waals surface area contributed by atoms with Crippen molar-refractivity contribution in [1.29, 1.82) is 0 Å². The summed E-state index contributed by atoms with van der Waals surface area (Å²) in [4.78, 5) is 24.2. The fourth-order valence-corrected chi connectivity index (χ4v) is 3.65. The first-order chi connectivity index (χ1) is 12.2. The van der Waals surface area contributed by atoms with Crippen LogP contribution >= 0.6 is 0 Å². The number of non-ortho nitro benzene ring substituents is 1. The van der Waals surface area contributed by atoms with Crippen molar-refractivity contribution in [2.45, 2.75) is 38.0 Å². The Morgan fingerprint density at radius 2 is 1.92 bits per heavy atom. The number of carbonyl (C=O) groups is 1. The van der Waals surface area contributed by atoms with Crippen LogP contribution in [0.4, 0.5) is 10.5 Å². The van der Waals surface area contributed by atoms with Crippen LogP contribution in [-0.2, 0) is 12.0 Å². The van der Waals surface area contributed by atoms with E-state index in [1.54, 1.807) is 6.07 Å². The Morgan fingerprint density at radius 1 is 1.27 bits per heavy atom. The lowest BCUT2D eigenvalue weighted by Gasteiger charge is -2.33. The summed E-state index contributed by atoms with van der Waals surface area (Å²) in [6, 6.07) is 12.3. The number of nitrogens with zero attached hydrogens (tertiary/aromatic N) is 2. The Hall–Kier alpha value is -2.93.